The zero-order chi connectivity index (χ0) is 10.8. The zero-order valence-corrected chi connectivity index (χ0v) is 8.88. The Balaban J connectivity index is 2.56. The van der Waals surface area contributed by atoms with Crippen molar-refractivity contribution in [1.82, 2.24) is 10.2 Å². The molecule has 0 saturated carbocycles. The van der Waals surface area contributed by atoms with E-state index in [9.17, 15) is 0 Å². The largest absolute Gasteiger partial charge is 0.497 e. The summed E-state index contributed by atoms with van der Waals surface area (Å²) in [4.78, 5) is 0. The van der Waals surface area contributed by atoms with Gasteiger partial charge in [-0.2, -0.15) is 5.10 Å². The van der Waals surface area contributed by atoms with Crippen molar-refractivity contribution in [2.45, 2.75) is 0 Å². The summed E-state index contributed by atoms with van der Waals surface area (Å²) in [5.41, 5.74) is 7.30. The fourth-order valence-electron chi connectivity index (χ4n) is 1.35. The zero-order valence-electron chi connectivity index (χ0n) is 8.12. The highest BCUT2D eigenvalue weighted by molar-refractivity contribution is 6.33. The third-order valence-electron chi connectivity index (χ3n) is 2.13. The van der Waals surface area contributed by atoms with Gasteiger partial charge < -0.3 is 10.5 Å². The van der Waals surface area contributed by atoms with E-state index in [4.69, 9.17) is 22.1 Å². The maximum Gasteiger partial charge on any atom is 0.126 e. The van der Waals surface area contributed by atoms with Crippen LogP contribution >= 0.6 is 11.6 Å². The molecule has 0 aliphatic carbocycles. The van der Waals surface area contributed by atoms with E-state index in [-0.39, 0.29) is 0 Å². The number of hydrogen-bond donors (Lipinski definition) is 2. The van der Waals surface area contributed by atoms with Gasteiger partial charge in [0, 0.05) is 16.1 Å². The van der Waals surface area contributed by atoms with E-state index in [0.29, 0.717) is 10.8 Å². The number of aromatic amines is 1. The molecular formula is C10H10ClN3O. The molecule has 1 aromatic heterocycles. The van der Waals surface area contributed by atoms with E-state index in [2.05, 4.69) is 10.2 Å². The predicted molar refractivity (Wildman–Crippen MR) is 60.0 cm³/mol. The van der Waals surface area contributed by atoms with Gasteiger partial charge in [0.15, 0.2) is 0 Å². The Morgan fingerprint density at radius 2 is 2.20 bits per heavy atom. The van der Waals surface area contributed by atoms with Crippen molar-refractivity contribution in [1.29, 1.82) is 0 Å². The van der Waals surface area contributed by atoms with Crippen LogP contribution in [0.2, 0.25) is 5.02 Å². The molecule has 78 valence electrons. The first kappa shape index (κ1) is 9.86. The number of ether oxygens (including phenoxy) is 1. The van der Waals surface area contributed by atoms with Gasteiger partial charge in [-0.3, -0.25) is 5.10 Å². The number of rotatable bonds is 2. The van der Waals surface area contributed by atoms with Crippen LogP contribution in [-0.2, 0) is 0 Å². The van der Waals surface area contributed by atoms with Crippen molar-refractivity contribution in [2.24, 2.45) is 0 Å². The quantitative estimate of drug-likeness (QED) is 0.821. The molecule has 0 aliphatic rings. The molecule has 0 radical (unpaired) electrons. The molecule has 1 heterocycles. The molecule has 0 amide bonds. The lowest BCUT2D eigenvalue weighted by Gasteiger charge is -2.05. The third-order valence-corrected chi connectivity index (χ3v) is 2.46. The van der Waals surface area contributed by atoms with Crippen LogP contribution < -0.4 is 10.5 Å². The number of nitrogens with one attached hydrogen (secondary N) is 1. The summed E-state index contributed by atoms with van der Waals surface area (Å²) < 4.78 is 5.12. The van der Waals surface area contributed by atoms with Gasteiger partial charge in [-0.25, -0.2) is 0 Å². The van der Waals surface area contributed by atoms with Crippen molar-refractivity contribution < 1.29 is 4.74 Å². The number of hydrogen-bond acceptors (Lipinski definition) is 3. The number of benzene rings is 1. The van der Waals surface area contributed by atoms with E-state index in [1.54, 1.807) is 25.4 Å². The monoisotopic (exact) mass is 223 g/mol. The molecule has 0 aliphatic heterocycles. The fourth-order valence-corrected chi connectivity index (χ4v) is 1.57. The Labute approximate surface area is 92.0 Å². The van der Waals surface area contributed by atoms with Gasteiger partial charge in [0.25, 0.3) is 0 Å². The van der Waals surface area contributed by atoms with Crippen LogP contribution in [0, 0.1) is 0 Å². The Morgan fingerprint density at radius 1 is 1.40 bits per heavy atom. The molecule has 0 fully saturated rings. The van der Waals surface area contributed by atoms with Crippen LogP contribution in [0.1, 0.15) is 0 Å². The average Bonchev–Trinajstić information content (AvgIpc) is 2.65. The molecular weight excluding hydrogens is 214 g/mol. The summed E-state index contributed by atoms with van der Waals surface area (Å²) in [6.45, 7) is 0. The van der Waals surface area contributed by atoms with Crippen molar-refractivity contribution in [3.05, 3.63) is 29.4 Å². The SMILES string of the molecule is COc1ccc(Cl)c(-c2cn[nH]c2N)c1. The number of methoxy groups -OCH3 is 1. The van der Waals surface area contributed by atoms with Gasteiger partial charge in [0.05, 0.1) is 13.3 Å². The minimum Gasteiger partial charge on any atom is -0.497 e. The summed E-state index contributed by atoms with van der Waals surface area (Å²) in [5.74, 6) is 1.22. The van der Waals surface area contributed by atoms with Gasteiger partial charge in [-0.1, -0.05) is 11.6 Å². The Bertz CT molecular complexity index is 481. The number of H-pyrrole nitrogens is 1. The number of halogens is 1. The summed E-state index contributed by atoms with van der Waals surface area (Å²) in [5, 5.41) is 7.12. The Morgan fingerprint density at radius 3 is 2.80 bits per heavy atom. The number of nitrogen functional groups attached to an aromatic ring is 1. The molecule has 5 heteroatoms. The minimum atomic E-state index is 0.491. The standard InChI is InChI=1S/C10H10ClN3O/c1-15-6-2-3-9(11)7(4-6)8-5-13-14-10(8)12/h2-5H,1H3,(H3,12,13,14). The highest BCUT2D eigenvalue weighted by Gasteiger charge is 2.09. The average molecular weight is 224 g/mol. The van der Waals surface area contributed by atoms with Crippen molar-refractivity contribution in [3.63, 3.8) is 0 Å². The van der Waals surface area contributed by atoms with E-state index in [1.165, 1.54) is 0 Å². The number of aromatic nitrogens is 2. The molecule has 4 nitrogen and oxygen atoms in total. The molecule has 0 atom stereocenters. The van der Waals surface area contributed by atoms with Crippen molar-refractivity contribution in [2.75, 3.05) is 12.8 Å². The maximum absolute atomic E-state index is 6.06. The van der Waals surface area contributed by atoms with Gasteiger partial charge in [-0.15, -0.1) is 0 Å². The molecule has 0 spiro atoms. The van der Waals surface area contributed by atoms with Gasteiger partial charge >= 0.3 is 0 Å². The van der Waals surface area contributed by atoms with Crippen LogP contribution in [0.25, 0.3) is 11.1 Å². The van der Waals surface area contributed by atoms with Gasteiger partial charge in [0.1, 0.15) is 11.6 Å². The van der Waals surface area contributed by atoms with Crippen LogP contribution in [0.15, 0.2) is 24.4 Å². The van der Waals surface area contributed by atoms with Gasteiger partial charge in [0.2, 0.25) is 0 Å². The van der Waals surface area contributed by atoms with Gasteiger partial charge in [-0.05, 0) is 18.2 Å². The highest BCUT2D eigenvalue weighted by atomic mass is 35.5. The Hall–Kier alpha value is -1.68. The molecule has 0 unspecified atom stereocenters. The van der Waals surface area contributed by atoms with E-state index >= 15 is 0 Å². The van der Waals surface area contributed by atoms with Crippen LogP contribution in [0.3, 0.4) is 0 Å². The first-order chi connectivity index (χ1) is 7.22. The van der Waals surface area contributed by atoms with E-state index in [1.807, 2.05) is 6.07 Å². The lowest BCUT2D eigenvalue weighted by atomic mass is 10.1. The summed E-state index contributed by atoms with van der Waals surface area (Å²) in [6, 6.07) is 5.38. The molecule has 0 saturated heterocycles. The summed E-state index contributed by atoms with van der Waals surface area (Å²) in [7, 11) is 1.60. The van der Waals surface area contributed by atoms with Crippen LogP contribution in [0.4, 0.5) is 5.82 Å². The number of nitrogens with zero attached hydrogens (tertiary/aromatic N) is 1. The highest BCUT2D eigenvalue weighted by Crippen LogP contribution is 2.33. The predicted octanol–water partition coefficient (Wildman–Crippen LogP) is 2.32. The smallest absolute Gasteiger partial charge is 0.126 e. The molecule has 2 rings (SSSR count). The third kappa shape index (κ3) is 1.76. The molecule has 3 N–H and O–H groups in total. The summed E-state index contributed by atoms with van der Waals surface area (Å²) >= 11 is 6.06. The second-order valence-corrected chi connectivity index (χ2v) is 3.45. The van der Waals surface area contributed by atoms with E-state index in [0.717, 1.165) is 16.9 Å². The normalized spacial score (nSPS) is 10.3. The summed E-state index contributed by atoms with van der Waals surface area (Å²) in [6.07, 6.45) is 1.63. The first-order valence-electron chi connectivity index (χ1n) is 4.35. The van der Waals surface area contributed by atoms with Crippen molar-refractivity contribution in [3.8, 4) is 16.9 Å². The lowest BCUT2D eigenvalue weighted by Crippen LogP contribution is -1.89. The molecule has 1 aromatic carbocycles. The molecule has 15 heavy (non-hydrogen) atoms. The fraction of sp³-hybridized carbons (Fsp3) is 0.100. The minimum absolute atomic E-state index is 0.491. The second kappa shape index (κ2) is 3.82. The lowest BCUT2D eigenvalue weighted by molar-refractivity contribution is 0.415. The molecule has 2 aromatic rings. The van der Waals surface area contributed by atoms with Crippen LogP contribution in [-0.4, -0.2) is 17.3 Å². The maximum atomic E-state index is 6.06. The van der Waals surface area contributed by atoms with Crippen molar-refractivity contribution >= 4 is 17.4 Å². The number of nitrogens with two attached hydrogens (primary N) is 1. The first-order valence-corrected chi connectivity index (χ1v) is 4.73. The second-order valence-electron chi connectivity index (χ2n) is 3.04. The number of anilines is 1. The van der Waals surface area contributed by atoms with Crippen LogP contribution in [0.5, 0.6) is 5.75 Å². The topological polar surface area (TPSA) is 63.9 Å². The Kier molecular flexibility index (Phi) is 2.51. The van der Waals surface area contributed by atoms with E-state index < -0.39 is 0 Å². The molecule has 0 bridgehead atoms.